The number of nitro groups is 1. The third kappa shape index (κ3) is 2.40. The molecule has 0 atom stereocenters. The number of hydrogen-bond acceptors (Lipinski definition) is 5. The zero-order valence-electron chi connectivity index (χ0n) is 8.29. The van der Waals surface area contributed by atoms with Crippen LogP contribution in [-0.2, 0) is 0 Å². The molecule has 0 fully saturated rings. The molecule has 0 spiro atoms. The summed E-state index contributed by atoms with van der Waals surface area (Å²) in [7, 11) is 0. The molecular formula is C10H5BrN2O3S. The maximum absolute atomic E-state index is 12.0. The lowest BCUT2D eigenvalue weighted by atomic mass is 10.1. The van der Waals surface area contributed by atoms with Gasteiger partial charge >= 0.3 is 5.00 Å². The van der Waals surface area contributed by atoms with Crippen LogP contribution >= 0.6 is 27.3 Å². The number of aromatic nitrogens is 1. The Morgan fingerprint density at radius 3 is 2.59 bits per heavy atom. The van der Waals surface area contributed by atoms with Crippen LogP contribution in [0.2, 0.25) is 0 Å². The normalized spacial score (nSPS) is 10.2. The van der Waals surface area contributed by atoms with Crippen LogP contribution in [0.3, 0.4) is 0 Å². The molecule has 1 aromatic heterocycles. The highest BCUT2D eigenvalue weighted by molar-refractivity contribution is 9.11. The fraction of sp³-hybridized carbons (Fsp3) is 0. The van der Waals surface area contributed by atoms with Crippen LogP contribution in [-0.4, -0.2) is 15.7 Å². The largest absolute Gasteiger partial charge is 0.356 e. The van der Waals surface area contributed by atoms with Crippen molar-refractivity contribution in [2.24, 2.45) is 0 Å². The molecule has 0 amide bonds. The molecule has 0 saturated heterocycles. The summed E-state index contributed by atoms with van der Waals surface area (Å²) in [5.41, 5.74) is 0.256. The van der Waals surface area contributed by atoms with Crippen molar-refractivity contribution in [1.29, 1.82) is 0 Å². The Bertz CT molecular complexity index is 582. The lowest BCUT2D eigenvalue weighted by molar-refractivity contribution is -0.380. The third-order valence-corrected chi connectivity index (χ3v) is 3.46. The lowest BCUT2D eigenvalue weighted by Crippen LogP contribution is -2.04. The Balaban J connectivity index is 2.48. The monoisotopic (exact) mass is 312 g/mol. The Morgan fingerprint density at radius 2 is 2.00 bits per heavy atom. The number of benzene rings is 1. The van der Waals surface area contributed by atoms with Crippen molar-refractivity contribution in [3.63, 3.8) is 0 Å². The van der Waals surface area contributed by atoms with E-state index in [1.54, 1.807) is 30.3 Å². The predicted molar refractivity (Wildman–Crippen MR) is 66.3 cm³/mol. The van der Waals surface area contributed by atoms with Crippen molar-refractivity contribution in [1.82, 2.24) is 4.98 Å². The Morgan fingerprint density at radius 1 is 1.35 bits per heavy atom. The van der Waals surface area contributed by atoms with Crippen LogP contribution in [0.25, 0.3) is 0 Å². The fourth-order valence-corrected chi connectivity index (χ4v) is 2.53. The van der Waals surface area contributed by atoms with E-state index in [-0.39, 0.29) is 10.7 Å². The molecule has 0 aliphatic carbocycles. The van der Waals surface area contributed by atoms with Gasteiger partial charge in [0.25, 0.3) is 0 Å². The molecular weight excluding hydrogens is 308 g/mol. The second-order valence-corrected chi connectivity index (χ2v) is 5.33. The summed E-state index contributed by atoms with van der Waals surface area (Å²) in [6.07, 6.45) is 0. The van der Waals surface area contributed by atoms with Crippen LogP contribution in [0.5, 0.6) is 0 Å². The number of halogens is 1. The summed E-state index contributed by atoms with van der Waals surface area (Å²) in [4.78, 5) is 26.0. The number of hydrogen-bond donors (Lipinski definition) is 0. The van der Waals surface area contributed by atoms with Gasteiger partial charge in [-0.3, -0.25) is 14.9 Å². The van der Waals surface area contributed by atoms with E-state index in [0.29, 0.717) is 9.48 Å². The molecule has 0 radical (unpaired) electrons. The Labute approximate surface area is 108 Å². The zero-order valence-corrected chi connectivity index (χ0v) is 10.7. The number of carbonyl (C=O) groups excluding carboxylic acids is 1. The molecule has 1 aromatic carbocycles. The first-order chi connectivity index (χ1) is 8.09. The number of carbonyl (C=O) groups is 1. The van der Waals surface area contributed by atoms with Gasteiger partial charge in [-0.15, -0.1) is 0 Å². The Hall–Kier alpha value is -1.60. The van der Waals surface area contributed by atoms with Gasteiger partial charge in [-0.05, 0) is 27.3 Å². The standard InChI is InChI=1S/C10H5BrN2O3S/c11-10-12-7(9(17-10)13(15)16)8(14)6-4-2-1-3-5-6/h1-5H. The van der Waals surface area contributed by atoms with Crippen LogP contribution in [0.1, 0.15) is 16.1 Å². The molecule has 17 heavy (non-hydrogen) atoms. The first kappa shape index (κ1) is 11.9. The van der Waals surface area contributed by atoms with E-state index in [9.17, 15) is 14.9 Å². The molecule has 0 bridgehead atoms. The molecule has 7 heteroatoms. The molecule has 0 saturated carbocycles. The summed E-state index contributed by atoms with van der Waals surface area (Å²) in [6.45, 7) is 0. The van der Waals surface area contributed by atoms with Crippen molar-refractivity contribution in [3.05, 3.63) is 55.6 Å². The molecule has 0 unspecified atom stereocenters. The molecule has 1 heterocycles. The second kappa shape index (κ2) is 4.72. The highest BCUT2D eigenvalue weighted by Gasteiger charge is 2.26. The topological polar surface area (TPSA) is 73.1 Å². The molecule has 0 aliphatic heterocycles. The molecule has 2 rings (SSSR count). The van der Waals surface area contributed by atoms with E-state index in [0.717, 1.165) is 11.3 Å². The average molecular weight is 313 g/mol. The van der Waals surface area contributed by atoms with Gasteiger partial charge < -0.3 is 0 Å². The van der Waals surface area contributed by atoms with Gasteiger partial charge in [-0.25, -0.2) is 4.98 Å². The van der Waals surface area contributed by atoms with E-state index in [2.05, 4.69) is 20.9 Å². The molecule has 0 N–H and O–H groups in total. The van der Waals surface area contributed by atoms with Gasteiger partial charge in [-0.2, -0.15) is 0 Å². The summed E-state index contributed by atoms with van der Waals surface area (Å²) in [5.74, 6) is -0.445. The highest BCUT2D eigenvalue weighted by Crippen LogP contribution is 2.31. The number of thiazole rings is 1. The third-order valence-electron chi connectivity index (χ3n) is 2.00. The average Bonchev–Trinajstić information content (AvgIpc) is 2.72. The number of nitrogens with zero attached hydrogens (tertiary/aromatic N) is 2. The van der Waals surface area contributed by atoms with Crippen molar-refractivity contribution in [2.45, 2.75) is 0 Å². The molecule has 86 valence electrons. The van der Waals surface area contributed by atoms with E-state index in [1.165, 1.54) is 0 Å². The van der Waals surface area contributed by atoms with Gasteiger partial charge in [0.2, 0.25) is 11.5 Å². The van der Waals surface area contributed by atoms with Gasteiger partial charge in [-0.1, -0.05) is 30.3 Å². The van der Waals surface area contributed by atoms with E-state index < -0.39 is 10.7 Å². The highest BCUT2D eigenvalue weighted by atomic mass is 79.9. The van der Waals surface area contributed by atoms with Crippen LogP contribution in [0.4, 0.5) is 5.00 Å². The van der Waals surface area contributed by atoms with E-state index >= 15 is 0 Å². The Kier molecular flexibility index (Phi) is 3.30. The van der Waals surface area contributed by atoms with Crippen LogP contribution < -0.4 is 0 Å². The lowest BCUT2D eigenvalue weighted by Gasteiger charge is -1.96. The first-order valence-corrected chi connectivity index (χ1v) is 6.11. The van der Waals surface area contributed by atoms with E-state index in [4.69, 9.17) is 0 Å². The van der Waals surface area contributed by atoms with Crippen molar-refractivity contribution in [2.75, 3.05) is 0 Å². The minimum Gasteiger partial charge on any atom is -0.287 e. The van der Waals surface area contributed by atoms with E-state index in [1.807, 2.05) is 0 Å². The molecule has 0 aliphatic rings. The number of ketones is 1. The minimum absolute atomic E-state index is 0.127. The van der Waals surface area contributed by atoms with Crippen molar-refractivity contribution in [3.8, 4) is 0 Å². The van der Waals surface area contributed by atoms with Crippen molar-refractivity contribution < 1.29 is 9.72 Å². The second-order valence-electron chi connectivity index (χ2n) is 3.07. The van der Waals surface area contributed by atoms with Crippen LogP contribution in [0, 0.1) is 10.1 Å². The quantitative estimate of drug-likeness (QED) is 0.496. The van der Waals surface area contributed by atoms with Gasteiger partial charge in [0.05, 0.1) is 4.92 Å². The van der Waals surface area contributed by atoms with Gasteiger partial charge in [0.15, 0.2) is 3.92 Å². The smallest absolute Gasteiger partial charge is 0.287 e. The predicted octanol–water partition coefficient (Wildman–Crippen LogP) is 3.04. The summed E-state index contributed by atoms with van der Waals surface area (Å²) in [5, 5.41) is 10.5. The minimum atomic E-state index is -0.599. The van der Waals surface area contributed by atoms with Gasteiger partial charge in [0.1, 0.15) is 0 Å². The van der Waals surface area contributed by atoms with Crippen molar-refractivity contribution >= 4 is 38.1 Å². The van der Waals surface area contributed by atoms with Gasteiger partial charge in [0, 0.05) is 5.56 Å². The summed E-state index contributed by atoms with van der Waals surface area (Å²) in [6, 6.07) is 8.35. The summed E-state index contributed by atoms with van der Waals surface area (Å²) >= 11 is 3.87. The maximum atomic E-state index is 12.0. The maximum Gasteiger partial charge on any atom is 0.356 e. The SMILES string of the molecule is O=C(c1ccccc1)c1nc(Br)sc1[N+](=O)[O-]. The first-order valence-electron chi connectivity index (χ1n) is 4.50. The number of rotatable bonds is 3. The molecule has 2 aromatic rings. The molecule has 5 nitrogen and oxygen atoms in total. The fourth-order valence-electron chi connectivity index (χ4n) is 1.28. The van der Waals surface area contributed by atoms with Crippen LogP contribution in [0.15, 0.2) is 34.2 Å². The zero-order chi connectivity index (χ0) is 12.4. The summed E-state index contributed by atoms with van der Waals surface area (Å²) < 4.78 is 0.323.